The Balaban J connectivity index is 2.76. The first kappa shape index (κ1) is 14.5. The van der Waals surface area contributed by atoms with E-state index >= 15 is 0 Å². The van der Waals surface area contributed by atoms with E-state index in [2.05, 4.69) is 15.9 Å². The summed E-state index contributed by atoms with van der Waals surface area (Å²) in [7, 11) is 0. The molecule has 0 aliphatic rings. The number of alkyl halides is 3. The molecule has 0 spiro atoms. The molecule has 6 heteroatoms. The molecular formula is C11H12BrF3O2. The first-order chi connectivity index (χ1) is 7.79. The molecule has 0 aliphatic carbocycles. The highest BCUT2D eigenvalue weighted by atomic mass is 79.9. The summed E-state index contributed by atoms with van der Waals surface area (Å²) in [5.74, 6) is 0. The molecule has 0 saturated heterocycles. The van der Waals surface area contributed by atoms with Crippen LogP contribution in [0.2, 0.25) is 0 Å². The Morgan fingerprint density at radius 1 is 1.35 bits per heavy atom. The molecule has 1 aromatic rings. The molecule has 96 valence electrons. The normalized spacial score (nSPS) is 13.8. The van der Waals surface area contributed by atoms with Gasteiger partial charge in [-0.15, -0.1) is 0 Å². The summed E-state index contributed by atoms with van der Waals surface area (Å²) in [5.41, 5.74) is -0.310. The van der Waals surface area contributed by atoms with E-state index in [4.69, 9.17) is 9.84 Å². The molecule has 1 unspecified atom stereocenters. The zero-order valence-corrected chi connectivity index (χ0v) is 10.7. The summed E-state index contributed by atoms with van der Waals surface area (Å²) in [6, 6.07) is 3.60. The van der Waals surface area contributed by atoms with Gasteiger partial charge in [0.1, 0.15) is 0 Å². The van der Waals surface area contributed by atoms with Crippen LogP contribution in [-0.2, 0) is 17.5 Å². The first-order valence-corrected chi connectivity index (χ1v) is 5.71. The molecule has 0 fully saturated rings. The Kier molecular flexibility index (Phi) is 4.97. The van der Waals surface area contributed by atoms with Gasteiger partial charge in [0.05, 0.1) is 24.9 Å². The maximum absolute atomic E-state index is 12.5. The van der Waals surface area contributed by atoms with Gasteiger partial charge in [0.15, 0.2) is 0 Å². The van der Waals surface area contributed by atoms with Crippen LogP contribution >= 0.6 is 15.9 Å². The van der Waals surface area contributed by atoms with Crippen molar-refractivity contribution in [2.24, 2.45) is 0 Å². The highest BCUT2D eigenvalue weighted by molar-refractivity contribution is 9.10. The van der Waals surface area contributed by atoms with E-state index in [0.717, 1.165) is 12.1 Å². The Labute approximate surface area is 106 Å². The van der Waals surface area contributed by atoms with Gasteiger partial charge in [-0.2, -0.15) is 13.2 Å². The first-order valence-electron chi connectivity index (χ1n) is 4.91. The molecule has 0 aromatic heterocycles. The van der Waals surface area contributed by atoms with Crippen molar-refractivity contribution in [3.8, 4) is 0 Å². The molecule has 0 bridgehead atoms. The van der Waals surface area contributed by atoms with Gasteiger partial charge in [-0.3, -0.25) is 0 Å². The molecule has 2 nitrogen and oxygen atoms in total. The SMILES string of the molecule is CC(O)COCc1cc(Br)cc(C(F)(F)F)c1. The monoisotopic (exact) mass is 312 g/mol. The summed E-state index contributed by atoms with van der Waals surface area (Å²) < 4.78 is 42.9. The van der Waals surface area contributed by atoms with E-state index in [1.807, 2.05) is 0 Å². The predicted molar refractivity (Wildman–Crippen MR) is 60.5 cm³/mol. The zero-order chi connectivity index (χ0) is 13.1. The van der Waals surface area contributed by atoms with E-state index in [0.29, 0.717) is 10.0 Å². The van der Waals surface area contributed by atoms with Gasteiger partial charge in [-0.25, -0.2) is 0 Å². The van der Waals surface area contributed by atoms with Gasteiger partial charge in [-0.1, -0.05) is 15.9 Å². The summed E-state index contributed by atoms with van der Waals surface area (Å²) in [6.07, 6.45) is -5.01. The van der Waals surface area contributed by atoms with Gasteiger partial charge >= 0.3 is 6.18 Å². The van der Waals surface area contributed by atoms with Crippen molar-refractivity contribution in [3.63, 3.8) is 0 Å². The summed E-state index contributed by atoms with van der Waals surface area (Å²) in [5, 5.41) is 8.95. The average Bonchev–Trinajstić information content (AvgIpc) is 2.14. The lowest BCUT2D eigenvalue weighted by molar-refractivity contribution is -0.137. The van der Waals surface area contributed by atoms with Crippen LogP contribution in [0.1, 0.15) is 18.1 Å². The molecule has 1 aromatic carbocycles. The van der Waals surface area contributed by atoms with Gasteiger partial charge < -0.3 is 9.84 Å². The van der Waals surface area contributed by atoms with Crippen molar-refractivity contribution in [2.45, 2.75) is 25.8 Å². The third-order valence-electron chi connectivity index (χ3n) is 1.91. The van der Waals surface area contributed by atoms with Crippen LogP contribution in [0, 0.1) is 0 Å². The van der Waals surface area contributed by atoms with Crippen LogP contribution in [0.5, 0.6) is 0 Å². The van der Waals surface area contributed by atoms with Crippen molar-refractivity contribution in [2.75, 3.05) is 6.61 Å². The lowest BCUT2D eigenvalue weighted by Crippen LogP contribution is -2.11. The molecule has 1 atom stereocenters. The fourth-order valence-corrected chi connectivity index (χ4v) is 1.79. The van der Waals surface area contributed by atoms with Crippen molar-refractivity contribution in [1.82, 2.24) is 0 Å². The molecule has 1 N–H and O–H groups in total. The Morgan fingerprint density at radius 2 is 2.00 bits per heavy atom. The van der Waals surface area contributed by atoms with Crippen LogP contribution in [0.15, 0.2) is 22.7 Å². The average molecular weight is 313 g/mol. The molecule has 0 aliphatic heterocycles. The molecule has 1 rings (SSSR count). The second-order valence-corrected chi connectivity index (χ2v) is 4.63. The second-order valence-electron chi connectivity index (χ2n) is 3.71. The summed E-state index contributed by atoms with van der Waals surface area (Å²) >= 11 is 3.02. The third-order valence-corrected chi connectivity index (χ3v) is 2.37. The number of aliphatic hydroxyl groups excluding tert-OH is 1. The third kappa shape index (κ3) is 5.06. The summed E-state index contributed by atoms with van der Waals surface area (Å²) in [6.45, 7) is 1.67. The molecule has 0 amide bonds. The standard InChI is InChI=1S/C11H12BrF3O2/c1-7(16)5-17-6-8-2-9(11(13,14)15)4-10(12)3-8/h2-4,7,16H,5-6H2,1H3. The van der Waals surface area contributed by atoms with Crippen LogP contribution in [0.25, 0.3) is 0 Å². The van der Waals surface area contributed by atoms with Crippen LogP contribution in [-0.4, -0.2) is 17.8 Å². The lowest BCUT2D eigenvalue weighted by Gasteiger charge is -2.11. The minimum absolute atomic E-state index is 0.0351. The van der Waals surface area contributed by atoms with Crippen molar-refractivity contribution in [3.05, 3.63) is 33.8 Å². The van der Waals surface area contributed by atoms with E-state index in [1.54, 1.807) is 13.0 Å². The quantitative estimate of drug-likeness (QED) is 0.923. The Morgan fingerprint density at radius 3 is 2.53 bits per heavy atom. The Hall–Kier alpha value is -0.590. The van der Waals surface area contributed by atoms with Gasteiger partial charge in [0.25, 0.3) is 0 Å². The number of benzene rings is 1. The number of hydrogen-bond acceptors (Lipinski definition) is 2. The molecule has 0 heterocycles. The van der Waals surface area contributed by atoms with E-state index in [-0.39, 0.29) is 13.2 Å². The number of aliphatic hydroxyl groups is 1. The minimum atomic E-state index is -4.37. The van der Waals surface area contributed by atoms with Crippen LogP contribution in [0.3, 0.4) is 0 Å². The number of rotatable bonds is 4. The van der Waals surface area contributed by atoms with Crippen molar-refractivity contribution < 1.29 is 23.0 Å². The second kappa shape index (κ2) is 5.84. The van der Waals surface area contributed by atoms with E-state index < -0.39 is 17.8 Å². The zero-order valence-electron chi connectivity index (χ0n) is 9.09. The minimum Gasteiger partial charge on any atom is -0.391 e. The Bertz CT molecular complexity index is 377. The smallest absolute Gasteiger partial charge is 0.391 e. The molecular weight excluding hydrogens is 301 g/mol. The van der Waals surface area contributed by atoms with Crippen molar-refractivity contribution in [1.29, 1.82) is 0 Å². The van der Waals surface area contributed by atoms with Crippen molar-refractivity contribution >= 4 is 15.9 Å². The van der Waals surface area contributed by atoms with Gasteiger partial charge in [-0.05, 0) is 30.7 Å². The fraction of sp³-hybridized carbons (Fsp3) is 0.455. The van der Waals surface area contributed by atoms with Crippen LogP contribution < -0.4 is 0 Å². The van der Waals surface area contributed by atoms with Gasteiger partial charge in [0.2, 0.25) is 0 Å². The fourth-order valence-electron chi connectivity index (χ4n) is 1.24. The topological polar surface area (TPSA) is 29.5 Å². The maximum atomic E-state index is 12.5. The summed E-state index contributed by atoms with van der Waals surface area (Å²) in [4.78, 5) is 0. The van der Waals surface area contributed by atoms with Gasteiger partial charge in [0, 0.05) is 4.47 Å². The highest BCUT2D eigenvalue weighted by Crippen LogP contribution is 2.32. The maximum Gasteiger partial charge on any atom is 0.416 e. The number of halogens is 4. The highest BCUT2D eigenvalue weighted by Gasteiger charge is 2.30. The van der Waals surface area contributed by atoms with Crippen LogP contribution in [0.4, 0.5) is 13.2 Å². The predicted octanol–water partition coefficient (Wildman–Crippen LogP) is 3.37. The number of hydrogen-bond donors (Lipinski definition) is 1. The van der Waals surface area contributed by atoms with E-state index in [1.165, 1.54) is 0 Å². The molecule has 17 heavy (non-hydrogen) atoms. The largest absolute Gasteiger partial charge is 0.416 e. The number of ether oxygens (including phenoxy) is 1. The molecule has 0 saturated carbocycles. The molecule has 0 radical (unpaired) electrons. The lowest BCUT2D eigenvalue weighted by atomic mass is 10.1. The van der Waals surface area contributed by atoms with E-state index in [9.17, 15) is 13.2 Å².